The summed E-state index contributed by atoms with van der Waals surface area (Å²) in [5.74, 6) is 1.29. The van der Waals surface area contributed by atoms with Crippen molar-refractivity contribution in [3.8, 4) is 11.4 Å². The molecule has 0 radical (unpaired) electrons. The van der Waals surface area contributed by atoms with E-state index in [0.29, 0.717) is 10.8 Å². The number of oxime groups is 1. The van der Waals surface area contributed by atoms with Gasteiger partial charge in [-0.2, -0.15) is 0 Å². The molecule has 0 fully saturated rings. The second kappa shape index (κ2) is 8.55. The third-order valence-corrected chi connectivity index (χ3v) is 5.79. The molecule has 0 saturated carbocycles. The Morgan fingerprint density at radius 1 is 1.06 bits per heavy atom. The Morgan fingerprint density at radius 2 is 1.85 bits per heavy atom. The van der Waals surface area contributed by atoms with Crippen LogP contribution >= 0.6 is 11.6 Å². The summed E-state index contributed by atoms with van der Waals surface area (Å²) in [5, 5.41) is 10.1. The van der Waals surface area contributed by atoms with Crippen LogP contribution in [0.25, 0.3) is 22.4 Å². The van der Waals surface area contributed by atoms with Crippen LogP contribution in [0.5, 0.6) is 5.75 Å². The number of aryl methyl sites for hydroxylation is 1. The number of hydrogen-bond donors (Lipinski definition) is 0. The lowest BCUT2D eigenvalue weighted by Crippen LogP contribution is -2.01. The molecule has 0 aliphatic heterocycles. The van der Waals surface area contributed by atoms with Gasteiger partial charge in [0.1, 0.15) is 12.1 Å². The Morgan fingerprint density at radius 3 is 2.64 bits per heavy atom. The standard InChI is InChI=1S/C24H21ClN6O2/c1-15-16(2)31(19-6-4-5-7-20(19)32-3)23-22(15)24-28-21(29-30(24)14-26-23)13-33-27-12-17-8-10-18(25)11-9-17/h4-12,14H,13H2,1-3H3. The largest absolute Gasteiger partial charge is 0.495 e. The van der Waals surface area contributed by atoms with Crippen molar-refractivity contribution in [2.45, 2.75) is 20.5 Å². The zero-order valence-corrected chi connectivity index (χ0v) is 19.1. The SMILES string of the molecule is COc1ccccc1-n1c(C)c(C)c2c1ncn1nc(CON=Cc3ccc(Cl)cc3)nc21. The first kappa shape index (κ1) is 21.0. The van der Waals surface area contributed by atoms with Crippen LogP contribution in [0, 0.1) is 13.8 Å². The van der Waals surface area contributed by atoms with Gasteiger partial charge in [-0.25, -0.2) is 14.5 Å². The number of hydrogen-bond acceptors (Lipinski definition) is 6. The maximum atomic E-state index is 5.90. The number of halogens is 1. The molecule has 9 heteroatoms. The van der Waals surface area contributed by atoms with E-state index in [9.17, 15) is 0 Å². The van der Waals surface area contributed by atoms with E-state index < -0.39 is 0 Å². The number of rotatable bonds is 6. The average molecular weight is 461 g/mol. The summed E-state index contributed by atoms with van der Waals surface area (Å²) in [4.78, 5) is 14.8. The first-order valence-electron chi connectivity index (χ1n) is 10.3. The predicted octanol–water partition coefficient (Wildman–Crippen LogP) is 4.90. The quantitative estimate of drug-likeness (QED) is 0.266. The van der Waals surface area contributed by atoms with Crippen LogP contribution in [-0.2, 0) is 11.4 Å². The Kier molecular flexibility index (Phi) is 5.43. The Balaban J connectivity index is 1.48. The van der Waals surface area contributed by atoms with Crippen molar-refractivity contribution in [1.29, 1.82) is 0 Å². The van der Waals surface area contributed by atoms with Gasteiger partial charge in [0.25, 0.3) is 0 Å². The van der Waals surface area contributed by atoms with Crippen LogP contribution in [0.4, 0.5) is 0 Å². The molecular weight excluding hydrogens is 440 g/mol. The fourth-order valence-electron chi connectivity index (χ4n) is 3.82. The predicted molar refractivity (Wildman–Crippen MR) is 127 cm³/mol. The van der Waals surface area contributed by atoms with Gasteiger partial charge < -0.3 is 9.57 Å². The number of ether oxygens (including phenoxy) is 1. The molecule has 0 spiro atoms. The van der Waals surface area contributed by atoms with Crippen molar-refractivity contribution >= 4 is 34.5 Å². The van der Waals surface area contributed by atoms with Crippen molar-refractivity contribution in [3.63, 3.8) is 0 Å². The molecule has 8 nitrogen and oxygen atoms in total. The second-order valence-electron chi connectivity index (χ2n) is 7.52. The normalized spacial score (nSPS) is 11.6. The number of methoxy groups -OCH3 is 1. The van der Waals surface area contributed by atoms with E-state index in [2.05, 4.69) is 33.7 Å². The third kappa shape index (κ3) is 3.78. The molecule has 2 aromatic carbocycles. The number of para-hydroxylation sites is 2. The van der Waals surface area contributed by atoms with Gasteiger partial charge in [0.05, 0.1) is 24.4 Å². The van der Waals surface area contributed by atoms with E-state index in [-0.39, 0.29) is 6.61 Å². The zero-order chi connectivity index (χ0) is 22.9. The average Bonchev–Trinajstić information content (AvgIpc) is 3.36. The van der Waals surface area contributed by atoms with Gasteiger partial charge in [0.15, 0.2) is 23.7 Å². The summed E-state index contributed by atoms with van der Waals surface area (Å²) in [5.41, 5.74) is 5.46. The minimum absolute atomic E-state index is 0.137. The number of aromatic nitrogens is 5. The topological polar surface area (TPSA) is 78.8 Å². The van der Waals surface area contributed by atoms with Gasteiger partial charge in [-0.3, -0.25) is 4.57 Å². The summed E-state index contributed by atoms with van der Waals surface area (Å²) in [6.45, 7) is 4.26. The molecule has 0 aliphatic rings. The molecule has 3 aromatic heterocycles. The molecule has 5 rings (SSSR count). The van der Waals surface area contributed by atoms with Crippen molar-refractivity contribution in [2.75, 3.05) is 7.11 Å². The van der Waals surface area contributed by atoms with Gasteiger partial charge in [-0.05, 0) is 49.2 Å². The summed E-state index contributed by atoms with van der Waals surface area (Å²) in [6, 6.07) is 15.2. The highest BCUT2D eigenvalue weighted by molar-refractivity contribution is 6.30. The van der Waals surface area contributed by atoms with Crippen molar-refractivity contribution < 1.29 is 9.57 Å². The molecule has 0 amide bonds. The Labute approximate surface area is 195 Å². The van der Waals surface area contributed by atoms with E-state index in [4.69, 9.17) is 26.2 Å². The second-order valence-corrected chi connectivity index (χ2v) is 7.95. The monoisotopic (exact) mass is 460 g/mol. The first-order valence-corrected chi connectivity index (χ1v) is 10.7. The highest BCUT2D eigenvalue weighted by atomic mass is 35.5. The highest BCUT2D eigenvalue weighted by Gasteiger charge is 2.20. The van der Waals surface area contributed by atoms with Crippen molar-refractivity contribution in [1.82, 2.24) is 24.1 Å². The first-order chi connectivity index (χ1) is 16.1. The minimum Gasteiger partial charge on any atom is -0.495 e. The van der Waals surface area contributed by atoms with E-state index in [1.54, 1.807) is 36.3 Å². The number of fused-ring (bicyclic) bond motifs is 3. The molecule has 166 valence electrons. The third-order valence-electron chi connectivity index (χ3n) is 5.54. The maximum absolute atomic E-state index is 5.90. The van der Waals surface area contributed by atoms with Crippen LogP contribution in [0.3, 0.4) is 0 Å². The maximum Gasteiger partial charge on any atom is 0.192 e. The van der Waals surface area contributed by atoms with Gasteiger partial charge in [0, 0.05) is 10.7 Å². The summed E-state index contributed by atoms with van der Waals surface area (Å²) < 4.78 is 9.34. The van der Waals surface area contributed by atoms with Crippen LogP contribution < -0.4 is 4.74 Å². The van der Waals surface area contributed by atoms with E-state index in [1.807, 2.05) is 36.4 Å². The molecule has 0 aliphatic carbocycles. The highest BCUT2D eigenvalue weighted by Crippen LogP contribution is 2.33. The van der Waals surface area contributed by atoms with E-state index in [1.165, 1.54) is 0 Å². The van der Waals surface area contributed by atoms with Crippen LogP contribution in [-0.4, -0.2) is 37.5 Å². The summed E-state index contributed by atoms with van der Waals surface area (Å²) in [6.07, 6.45) is 3.28. The van der Waals surface area contributed by atoms with Gasteiger partial charge in [-0.15, -0.1) is 5.10 Å². The number of benzene rings is 2. The smallest absolute Gasteiger partial charge is 0.192 e. The van der Waals surface area contributed by atoms with Crippen LogP contribution in [0.1, 0.15) is 22.6 Å². The van der Waals surface area contributed by atoms with Crippen LogP contribution in [0.15, 0.2) is 60.0 Å². The van der Waals surface area contributed by atoms with Crippen molar-refractivity contribution in [2.24, 2.45) is 5.16 Å². The van der Waals surface area contributed by atoms with Gasteiger partial charge in [-0.1, -0.05) is 41.0 Å². The summed E-state index contributed by atoms with van der Waals surface area (Å²) >= 11 is 5.90. The molecule has 0 N–H and O–H groups in total. The molecular formula is C24H21ClN6O2. The molecule has 3 heterocycles. The minimum atomic E-state index is 0.137. The summed E-state index contributed by atoms with van der Waals surface area (Å²) in [7, 11) is 1.67. The lowest BCUT2D eigenvalue weighted by atomic mass is 10.2. The van der Waals surface area contributed by atoms with E-state index in [0.717, 1.165) is 44.9 Å². The lowest BCUT2D eigenvalue weighted by Gasteiger charge is -2.12. The molecule has 0 saturated heterocycles. The molecule has 0 bridgehead atoms. The van der Waals surface area contributed by atoms with Crippen molar-refractivity contribution in [3.05, 3.63) is 82.5 Å². The Hall–Kier alpha value is -3.91. The van der Waals surface area contributed by atoms with Gasteiger partial charge in [0.2, 0.25) is 0 Å². The van der Waals surface area contributed by atoms with Crippen LogP contribution in [0.2, 0.25) is 5.02 Å². The fraction of sp³-hybridized carbons (Fsp3) is 0.167. The lowest BCUT2D eigenvalue weighted by molar-refractivity contribution is 0.126. The fourth-order valence-corrected chi connectivity index (χ4v) is 3.94. The molecule has 5 aromatic rings. The molecule has 0 unspecified atom stereocenters. The zero-order valence-electron chi connectivity index (χ0n) is 18.4. The molecule has 0 atom stereocenters. The van der Waals surface area contributed by atoms with E-state index >= 15 is 0 Å². The molecule has 33 heavy (non-hydrogen) atoms. The van der Waals surface area contributed by atoms with Gasteiger partial charge >= 0.3 is 0 Å². The Bertz CT molecular complexity index is 1490. The number of nitrogens with zero attached hydrogens (tertiary/aromatic N) is 6.